The lowest BCUT2D eigenvalue weighted by molar-refractivity contribution is -0.137. The van der Waals surface area contributed by atoms with Crippen molar-refractivity contribution in [3.63, 3.8) is 0 Å². The van der Waals surface area contributed by atoms with Gasteiger partial charge in [-0.1, -0.05) is 29.8 Å². The van der Waals surface area contributed by atoms with E-state index in [0.717, 1.165) is 29.5 Å². The summed E-state index contributed by atoms with van der Waals surface area (Å²) in [6, 6.07) is 13.4. The summed E-state index contributed by atoms with van der Waals surface area (Å²) < 4.78 is 44.1. The summed E-state index contributed by atoms with van der Waals surface area (Å²) in [5.74, 6) is 0. The normalized spacial score (nSPS) is 12.0. The number of rotatable bonds is 4. The molecule has 0 aliphatic heterocycles. The first-order valence-electron chi connectivity index (χ1n) is 8.99. The Hall–Kier alpha value is -3.61. The molecule has 1 N–H and O–H groups in total. The van der Waals surface area contributed by atoms with Crippen LogP contribution in [0.1, 0.15) is 10.6 Å². The molecule has 4 rings (SSSR count). The van der Waals surface area contributed by atoms with Crippen LogP contribution in [0.2, 0.25) is 5.02 Å². The molecule has 2 heterocycles. The van der Waals surface area contributed by atoms with Crippen molar-refractivity contribution in [1.29, 1.82) is 5.26 Å². The fraction of sp³-hybridized carbons (Fsp3) is 0.0455. The number of anilines is 1. The third kappa shape index (κ3) is 4.37. The number of benzene rings is 2. The van der Waals surface area contributed by atoms with Crippen molar-refractivity contribution in [2.45, 2.75) is 6.18 Å². The van der Waals surface area contributed by atoms with E-state index in [4.69, 9.17) is 16.0 Å². The SMILES string of the molecule is N#C/C(=C\Nc1cc(C(F)(F)F)ccc1Cl)c1nc(-c2cc3ccccc3oc2=O)cs1. The number of para-hydroxylation sites is 1. The molecule has 0 saturated carbocycles. The van der Waals surface area contributed by atoms with E-state index >= 15 is 0 Å². The van der Waals surface area contributed by atoms with Gasteiger partial charge in [-0.3, -0.25) is 0 Å². The van der Waals surface area contributed by atoms with E-state index in [1.165, 1.54) is 6.20 Å². The van der Waals surface area contributed by atoms with E-state index < -0.39 is 17.4 Å². The molecule has 0 bridgehead atoms. The first-order chi connectivity index (χ1) is 15.3. The Morgan fingerprint density at radius 3 is 2.75 bits per heavy atom. The third-order valence-corrected chi connectivity index (χ3v) is 5.64. The molecule has 0 fully saturated rings. The van der Waals surface area contributed by atoms with E-state index in [9.17, 15) is 23.2 Å². The predicted molar refractivity (Wildman–Crippen MR) is 117 cm³/mol. The average molecular weight is 474 g/mol. The number of halogens is 4. The lowest BCUT2D eigenvalue weighted by Crippen LogP contribution is -2.05. The number of hydrogen-bond donors (Lipinski definition) is 1. The van der Waals surface area contributed by atoms with Crippen LogP contribution < -0.4 is 10.9 Å². The van der Waals surface area contributed by atoms with Gasteiger partial charge in [0, 0.05) is 17.0 Å². The lowest BCUT2D eigenvalue weighted by atomic mass is 10.1. The Morgan fingerprint density at radius 1 is 1.22 bits per heavy atom. The van der Waals surface area contributed by atoms with Gasteiger partial charge in [0.2, 0.25) is 0 Å². The van der Waals surface area contributed by atoms with Gasteiger partial charge in [0.15, 0.2) is 0 Å². The predicted octanol–water partition coefficient (Wildman–Crippen LogP) is 6.57. The van der Waals surface area contributed by atoms with Gasteiger partial charge < -0.3 is 9.73 Å². The van der Waals surface area contributed by atoms with Crippen LogP contribution in [0.5, 0.6) is 0 Å². The lowest BCUT2D eigenvalue weighted by Gasteiger charge is -2.10. The highest BCUT2D eigenvalue weighted by atomic mass is 35.5. The van der Waals surface area contributed by atoms with E-state index in [0.29, 0.717) is 16.7 Å². The second kappa shape index (κ2) is 8.49. The number of alkyl halides is 3. The Bertz CT molecular complexity index is 1450. The number of nitrogens with zero attached hydrogens (tertiary/aromatic N) is 2. The molecule has 0 atom stereocenters. The molecule has 0 radical (unpaired) electrons. The number of nitriles is 1. The highest BCUT2D eigenvalue weighted by Crippen LogP contribution is 2.34. The van der Waals surface area contributed by atoms with E-state index in [2.05, 4.69) is 10.3 Å². The van der Waals surface area contributed by atoms with E-state index in [1.54, 1.807) is 35.7 Å². The zero-order chi connectivity index (χ0) is 22.9. The number of hydrogen-bond acceptors (Lipinski definition) is 6. The molecule has 4 aromatic rings. The van der Waals surface area contributed by atoms with Crippen LogP contribution in [0.15, 0.2) is 69.3 Å². The van der Waals surface area contributed by atoms with Crippen molar-refractivity contribution in [2.75, 3.05) is 5.32 Å². The smallest absolute Gasteiger partial charge is 0.416 e. The zero-order valence-corrected chi connectivity index (χ0v) is 17.5. The van der Waals surface area contributed by atoms with Gasteiger partial charge in [-0.15, -0.1) is 11.3 Å². The maximum atomic E-state index is 12.9. The number of nitrogens with one attached hydrogen (secondary N) is 1. The first kappa shape index (κ1) is 21.6. The van der Waals surface area contributed by atoms with Crippen molar-refractivity contribution in [3.8, 4) is 17.3 Å². The van der Waals surface area contributed by atoms with Gasteiger partial charge in [0.05, 0.1) is 27.5 Å². The summed E-state index contributed by atoms with van der Waals surface area (Å²) in [4.78, 5) is 16.7. The Kier molecular flexibility index (Phi) is 5.74. The van der Waals surface area contributed by atoms with E-state index in [-0.39, 0.29) is 26.9 Å². The summed E-state index contributed by atoms with van der Waals surface area (Å²) in [5.41, 5.74) is -0.412. The quantitative estimate of drug-likeness (QED) is 0.268. The van der Waals surface area contributed by atoms with E-state index in [1.807, 2.05) is 6.07 Å². The van der Waals surface area contributed by atoms with Gasteiger partial charge in [-0.2, -0.15) is 18.4 Å². The van der Waals surface area contributed by atoms with Crippen LogP contribution in [0.3, 0.4) is 0 Å². The molecule has 0 amide bonds. The maximum Gasteiger partial charge on any atom is 0.416 e. The molecule has 0 unspecified atom stereocenters. The summed E-state index contributed by atoms with van der Waals surface area (Å²) in [5, 5.41) is 14.8. The molecule has 0 spiro atoms. The number of allylic oxidation sites excluding steroid dienone is 1. The summed E-state index contributed by atoms with van der Waals surface area (Å²) in [6.07, 6.45) is -3.32. The summed E-state index contributed by atoms with van der Waals surface area (Å²) in [7, 11) is 0. The van der Waals surface area contributed by atoms with Crippen molar-refractivity contribution in [2.24, 2.45) is 0 Å². The topological polar surface area (TPSA) is 78.9 Å². The van der Waals surface area contributed by atoms with Crippen molar-refractivity contribution in [1.82, 2.24) is 4.98 Å². The molecule has 2 aromatic carbocycles. The van der Waals surface area contributed by atoms with Crippen LogP contribution in [-0.2, 0) is 6.18 Å². The maximum absolute atomic E-state index is 12.9. The monoisotopic (exact) mass is 473 g/mol. The first-order valence-corrected chi connectivity index (χ1v) is 10.2. The minimum Gasteiger partial charge on any atom is -0.422 e. The van der Waals surface area contributed by atoms with Crippen LogP contribution >= 0.6 is 22.9 Å². The van der Waals surface area contributed by atoms with Crippen LogP contribution in [-0.4, -0.2) is 4.98 Å². The molecule has 0 saturated heterocycles. The Labute approximate surface area is 188 Å². The highest BCUT2D eigenvalue weighted by Gasteiger charge is 2.30. The van der Waals surface area contributed by atoms with Crippen molar-refractivity contribution >= 4 is 45.2 Å². The summed E-state index contributed by atoms with van der Waals surface area (Å²) in [6.45, 7) is 0. The number of fused-ring (bicyclic) bond motifs is 1. The minimum absolute atomic E-state index is 0.0128. The Balaban J connectivity index is 1.65. The molecule has 0 aliphatic rings. The summed E-state index contributed by atoms with van der Waals surface area (Å²) >= 11 is 7.07. The molecular weight excluding hydrogens is 463 g/mol. The molecule has 0 aliphatic carbocycles. The largest absolute Gasteiger partial charge is 0.422 e. The van der Waals surface area contributed by atoms with Gasteiger partial charge in [-0.05, 0) is 30.3 Å². The number of aromatic nitrogens is 1. The molecule has 5 nitrogen and oxygen atoms in total. The van der Waals surface area contributed by atoms with Gasteiger partial charge in [-0.25, -0.2) is 9.78 Å². The van der Waals surface area contributed by atoms with Gasteiger partial charge in [0.25, 0.3) is 0 Å². The van der Waals surface area contributed by atoms with Crippen LogP contribution in [0.25, 0.3) is 27.8 Å². The van der Waals surface area contributed by atoms with Crippen LogP contribution in [0, 0.1) is 11.3 Å². The fourth-order valence-electron chi connectivity index (χ4n) is 2.87. The zero-order valence-electron chi connectivity index (χ0n) is 15.9. The standard InChI is InChI=1S/C22H11ClF3N3O2S/c23-16-6-5-14(22(24,25)26)8-17(16)28-10-13(9-27)20-29-18(11-32-20)15-7-12-3-1-2-4-19(12)31-21(15)30/h1-8,10-11,28H/b13-10+. The second-order valence-corrected chi connectivity index (χ2v) is 7.80. The minimum atomic E-state index is -4.53. The van der Waals surface area contributed by atoms with Crippen molar-refractivity contribution < 1.29 is 17.6 Å². The third-order valence-electron chi connectivity index (χ3n) is 4.44. The molecular formula is C22H11ClF3N3O2S. The fourth-order valence-corrected chi connectivity index (χ4v) is 3.82. The molecule has 2 aromatic heterocycles. The average Bonchev–Trinajstić information content (AvgIpc) is 3.23. The Morgan fingerprint density at radius 2 is 2.00 bits per heavy atom. The molecule has 10 heteroatoms. The highest BCUT2D eigenvalue weighted by molar-refractivity contribution is 7.11. The second-order valence-electron chi connectivity index (χ2n) is 6.53. The number of thiazole rings is 1. The van der Waals surface area contributed by atoms with Crippen molar-refractivity contribution in [3.05, 3.63) is 86.1 Å². The van der Waals surface area contributed by atoms with Gasteiger partial charge >= 0.3 is 11.8 Å². The van der Waals surface area contributed by atoms with Gasteiger partial charge in [0.1, 0.15) is 22.2 Å². The molecule has 32 heavy (non-hydrogen) atoms. The van der Waals surface area contributed by atoms with Crippen LogP contribution in [0.4, 0.5) is 18.9 Å². The molecule has 160 valence electrons.